The van der Waals surface area contributed by atoms with Gasteiger partial charge < -0.3 is 27.8 Å². The molecular formula is C50H60O8Si2. The van der Waals surface area contributed by atoms with Crippen molar-refractivity contribution in [2.24, 2.45) is 46.3 Å². The maximum atomic E-state index is 15.4. The lowest BCUT2D eigenvalue weighted by molar-refractivity contribution is -0.513. The summed E-state index contributed by atoms with van der Waals surface area (Å²) < 4.78 is 40.8. The van der Waals surface area contributed by atoms with Crippen LogP contribution in [-0.2, 0) is 37.4 Å². The molecule has 0 aliphatic heterocycles. The summed E-state index contributed by atoms with van der Waals surface area (Å²) >= 11 is 0. The maximum absolute atomic E-state index is 15.4. The molecule has 0 aromatic heterocycles. The molecule has 8 aliphatic rings. The molecular weight excluding hydrogens is 785 g/mol. The lowest BCUT2D eigenvalue weighted by Gasteiger charge is -2.94. The first-order valence-corrected chi connectivity index (χ1v) is 25.2. The van der Waals surface area contributed by atoms with E-state index in [-0.39, 0.29) is 46.7 Å². The van der Waals surface area contributed by atoms with Crippen molar-refractivity contribution in [1.82, 2.24) is 0 Å². The van der Waals surface area contributed by atoms with Crippen LogP contribution in [0.4, 0.5) is 0 Å². The molecule has 0 spiro atoms. The molecule has 8 nitrogen and oxygen atoms in total. The zero-order valence-corrected chi connectivity index (χ0v) is 38.7. The lowest BCUT2D eigenvalue weighted by Crippen LogP contribution is -3.02. The van der Waals surface area contributed by atoms with Crippen LogP contribution in [0.5, 0.6) is 0 Å². The fourth-order valence-electron chi connectivity index (χ4n) is 14.4. The second kappa shape index (κ2) is 14.0. The van der Waals surface area contributed by atoms with Crippen molar-refractivity contribution in [2.75, 3.05) is 41.7 Å². The molecule has 4 aromatic rings. The predicted molar refractivity (Wildman–Crippen MR) is 236 cm³/mol. The molecule has 8 aliphatic carbocycles. The van der Waals surface area contributed by atoms with E-state index >= 15 is 9.59 Å². The van der Waals surface area contributed by atoms with Crippen LogP contribution in [0.2, 0.25) is 10.1 Å². The van der Waals surface area contributed by atoms with E-state index in [1.165, 1.54) is 0 Å². The van der Waals surface area contributed by atoms with Crippen LogP contribution in [0, 0.1) is 46.3 Å². The van der Waals surface area contributed by atoms with Gasteiger partial charge in [0.05, 0.1) is 0 Å². The molecule has 8 atom stereocenters. The zero-order valence-electron chi connectivity index (χ0n) is 36.7. The molecule has 8 bridgehead atoms. The monoisotopic (exact) mass is 844 g/mol. The Labute approximate surface area is 357 Å². The predicted octanol–water partition coefficient (Wildman–Crippen LogP) is 5.99. The third-order valence-corrected chi connectivity index (χ3v) is 26.2. The van der Waals surface area contributed by atoms with Gasteiger partial charge in [-0.25, -0.2) is 0 Å². The van der Waals surface area contributed by atoms with Crippen molar-refractivity contribution in [3.8, 4) is 0 Å². The highest BCUT2D eigenvalue weighted by Gasteiger charge is 3.03. The number of ether oxygens (including phenoxy) is 4. The molecule has 4 aromatic carbocycles. The Bertz CT molecular complexity index is 2010. The van der Waals surface area contributed by atoms with E-state index in [4.69, 9.17) is 27.8 Å². The largest absolute Gasteiger partial charge is 0.407 e. The quantitative estimate of drug-likeness (QED) is 0.113. The standard InChI is InChI=1S/C50H60O8Si2/c1-45(2,3)59(33-23-15-11-16-24-33,34-25-17-12-18-26-34)57-31-47-37-39-40-38(41(47)43(51)49(39,53-7)54-8)48(47,42(37)44(52)50(40,55-9)56-10)32-58-60(46(4,5)6,35-27-19-13-20-28-35)36-29-21-14-22-30-36/h11-30,37-42H,31-32H2,1-10H3/t37-,38-,39-,40+,41-,42-,47-,48-/m0/s1. The lowest BCUT2D eigenvalue weighted by atomic mass is 9.08. The molecule has 0 radical (unpaired) electrons. The Balaban J connectivity index is 1.27. The molecule has 8 saturated carbocycles. The first kappa shape index (κ1) is 41.8. The van der Waals surface area contributed by atoms with Gasteiger partial charge in [-0.2, -0.15) is 0 Å². The Hall–Kier alpha value is -3.59. The molecule has 0 N–H and O–H groups in total. The number of carbonyl (C=O) groups is 2. The topological polar surface area (TPSA) is 89.5 Å². The van der Waals surface area contributed by atoms with Crippen molar-refractivity contribution < 1.29 is 37.4 Å². The number of Topliss-reactive ketones (excluding diaryl/α,β-unsaturated/α-hetero) is 2. The molecule has 0 amide bonds. The molecule has 0 saturated heterocycles. The van der Waals surface area contributed by atoms with Crippen molar-refractivity contribution >= 4 is 48.9 Å². The Morgan fingerprint density at radius 1 is 0.433 bits per heavy atom. The minimum absolute atomic E-state index is 0.0870. The second-order valence-electron chi connectivity index (χ2n) is 19.9. The number of hydrogen-bond donors (Lipinski definition) is 0. The summed E-state index contributed by atoms with van der Waals surface area (Å²) in [6.07, 6.45) is 0. The third kappa shape index (κ3) is 4.72. The first-order chi connectivity index (χ1) is 28.6. The van der Waals surface area contributed by atoms with Crippen molar-refractivity contribution in [2.45, 2.75) is 63.2 Å². The summed E-state index contributed by atoms with van der Waals surface area (Å²) in [5, 5.41) is 4.02. The third-order valence-electron chi connectivity index (χ3n) is 16.3. The molecule has 0 unspecified atom stereocenters. The van der Waals surface area contributed by atoms with Crippen LogP contribution in [0.1, 0.15) is 41.5 Å². The average molecular weight is 845 g/mol. The van der Waals surface area contributed by atoms with Gasteiger partial charge in [-0.3, -0.25) is 9.59 Å². The van der Waals surface area contributed by atoms with Crippen LogP contribution in [0.15, 0.2) is 121 Å². The van der Waals surface area contributed by atoms with Crippen LogP contribution < -0.4 is 20.7 Å². The average Bonchev–Trinajstić information content (AvgIpc) is 3.25. The van der Waals surface area contributed by atoms with Gasteiger partial charge in [-0.05, 0) is 42.7 Å². The number of hydrogen-bond acceptors (Lipinski definition) is 8. The Morgan fingerprint density at radius 3 is 0.900 bits per heavy atom. The number of benzene rings is 4. The number of carbonyl (C=O) groups excluding carboxylic acids is 2. The summed E-state index contributed by atoms with van der Waals surface area (Å²) in [5.41, 5.74) is -1.49. The fourth-order valence-corrected chi connectivity index (χ4v) is 23.6. The zero-order chi connectivity index (χ0) is 42.7. The van der Waals surface area contributed by atoms with E-state index in [9.17, 15) is 0 Å². The van der Waals surface area contributed by atoms with E-state index < -0.39 is 62.7 Å². The van der Waals surface area contributed by atoms with Gasteiger partial charge >= 0.3 is 0 Å². The highest BCUT2D eigenvalue weighted by molar-refractivity contribution is 7.00. The molecule has 8 fully saturated rings. The summed E-state index contributed by atoms with van der Waals surface area (Å²) in [6.45, 7) is 14.2. The Morgan fingerprint density at radius 2 is 0.683 bits per heavy atom. The van der Waals surface area contributed by atoms with Crippen LogP contribution in [0.25, 0.3) is 0 Å². The normalized spacial score (nSPS) is 30.8. The highest BCUT2D eigenvalue weighted by atomic mass is 28.4. The minimum Gasteiger partial charge on any atom is -0.407 e. The number of ketones is 2. The van der Waals surface area contributed by atoms with Crippen molar-refractivity contribution in [1.29, 1.82) is 0 Å². The van der Waals surface area contributed by atoms with Gasteiger partial charge in [0.15, 0.2) is 11.6 Å². The number of fused-ring (bicyclic) bond motifs is 2. The smallest absolute Gasteiger partial charge is 0.261 e. The SMILES string of the molecule is COC1(OC)C(=O)[C@@H]2[C@@H]3[C@@H]4[C@@H]1[C@H]1[C@@H](C(=O)C4(OC)OC)[C@@]3(CO[Si](c3ccccc3)(c3ccccc3)C(C)(C)C)[C@@]12CO[Si](c1ccccc1)(c1ccccc1)C(C)(C)C. The minimum atomic E-state index is -3.11. The number of rotatable bonds is 14. The maximum Gasteiger partial charge on any atom is 0.261 e. The number of methoxy groups -OCH3 is 4. The van der Waals surface area contributed by atoms with Gasteiger partial charge in [0.25, 0.3) is 16.6 Å². The molecule has 10 heteroatoms. The van der Waals surface area contributed by atoms with Crippen LogP contribution >= 0.6 is 0 Å². The summed E-state index contributed by atoms with van der Waals surface area (Å²) in [6, 6.07) is 42.5. The van der Waals surface area contributed by atoms with E-state index in [1.807, 2.05) is 24.3 Å². The van der Waals surface area contributed by atoms with E-state index in [2.05, 4.69) is 139 Å². The molecule has 60 heavy (non-hydrogen) atoms. The fraction of sp³-hybridized carbons (Fsp3) is 0.480. The van der Waals surface area contributed by atoms with Gasteiger partial charge in [0.1, 0.15) is 0 Å². The van der Waals surface area contributed by atoms with Crippen LogP contribution in [0.3, 0.4) is 0 Å². The van der Waals surface area contributed by atoms with Gasteiger partial charge in [0.2, 0.25) is 11.6 Å². The molecule has 0 heterocycles. The first-order valence-electron chi connectivity index (χ1n) is 21.4. The van der Waals surface area contributed by atoms with Gasteiger partial charge in [0, 0.05) is 76.2 Å². The summed E-state index contributed by atoms with van der Waals surface area (Å²) in [4.78, 5) is 30.9. The molecule has 316 valence electrons. The summed E-state index contributed by atoms with van der Waals surface area (Å²) in [7, 11) is -0.0306. The van der Waals surface area contributed by atoms with Crippen molar-refractivity contribution in [3.63, 3.8) is 0 Å². The van der Waals surface area contributed by atoms with E-state index in [1.54, 1.807) is 28.4 Å². The summed E-state index contributed by atoms with van der Waals surface area (Å²) in [5.74, 6) is -6.05. The van der Waals surface area contributed by atoms with Crippen LogP contribution in [-0.4, -0.2) is 81.4 Å². The van der Waals surface area contributed by atoms with Gasteiger partial charge in [-0.1, -0.05) is 163 Å². The second-order valence-corrected chi connectivity index (χ2v) is 28.5. The molecule has 12 rings (SSSR count). The van der Waals surface area contributed by atoms with E-state index in [0.29, 0.717) is 0 Å². The van der Waals surface area contributed by atoms with E-state index in [0.717, 1.165) is 20.7 Å². The van der Waals surface area contributed by atoms with Crippen molar-refractivity contribution in [3.05, 3.63) is 121 Å². The Kier molecular flexibility index (Phi) is 9.71. The highest BCUT2D eigenvalue weighted by Crippen LogP contribution is 2.95. The van der Waals surface area contributed by atoms with Gasteiger partial charge in [-0.15, -0.1) is 0 Å².